The Hall–Kier alpha value is -2.62. The van der Waals surface area contributed by atoms with Crippen molar-refractivity contribution >= 4 is 11.9 Å². The number of carbonyl (C=O) groups is 2. The molecule has 0 unspecified atom stereocenters. The predicted octanol–water partition coefficient (Wildman–Crippen LogP) is 3.74. The predicted molar refractivity (Wildman–Crippen MR) is 96.6 cm³/mol. The summed E-state index contributed by atoms with van der Waals surface area (Å²) >= 11 is 0. The Bertz CT molecular complexity index is 791. The minimum Gasteiger partial charge on any atom is -0.478 e. The lowest BCUT2D eigenvalue weighted by Gasteiger charge is -2.23. The first-order valence-electron chi connectivity index (χ1n) is 8.62. The zero-order valence-corrected chi connectivity index (χ0v) is 14.7. The SMILES string of the molecule is Cc1ccc(CN(C(=O)Cc2ccc(C(=O)O)cc2)C2CC2)cc1C. The lowest BCUT2D eigenvalue weighted by atomic mass is 10.1. The molecular weight excluding hydrogens is 314 g/mol. The average Bonchev–Trinajstić information content (AvgIpc) is 3.41. The van der Waals surface area contributed by atoms with Crippen LogP contribution in [0, 0.1) is 13.8 Å². The van der Waals surface area contributed by atoms with Crippen molar-refractivity contribution in [3.63, 3.8) is 0 Å². The van der Waals surface area contributed by atoms with Crippen molar-refractivity contribution in [2.24, 2.45) is 0 Å². The van der Waals surface area contributed by atoms with Crippen molar-refractivity contribution in [1.29, 1.82) is 0 Å². The van der Waals surface area contributed by atoms with Gasteiger partial charge < -0.3 is 10.0 Å². The molecule has 0 atom stereocenters. The summed E-state index contributed by atoms with van der Waals surface area (Å²) in [6.07, 6.45) is 2.43. The lowest BCUT2D eigenvalue weighted by Crippen LogP contribution is -2.33. The van der Waals surface area contributed by atoms with E-state index in [0.717, 1.165) is 24.0 Å². The Morgan fingerprint density at radius 3 is 2.20 bits per heavy atom. The van der Waals surface area contributed by atoms with E-state index >= 15 is 0 Å². The molecular formula is C21H23NO3. The fraction of sp³-hybridized carbons (Fsp3) is 0.333. The first-order chi connectivity index (χ1) is 11.9. The summed E-state index contributed by atoms with van der Waals surface area (Å²) in [5.41, 5.74) is 4.74. The van der Waals surface area contributed by atoms with Gasteiger partial charge in [0.1, 0.15) is 0 Å². The molecule has 1 N–H and O–H groups in total. The van der Waals surface area contributed by atoms with Gasteiger partial charge in [-0.2, -0.15) is 0 Å². The van der Waals surface area contributed by atoms with Gasteiger partial charge in [-0.15, -0.1) is 0 Å². The number of carbonyl (C=O) groups excluding carboxylic acids is 1. The van der Waals surface area contributed by atoms with Gasteiger partial charge in [-0.3, -0.25) is 4.79 Å². The van der Waals surface area contributed by atoms with E-state index in [1.807, 2.05) is 4.90 Å². The molecule has 0 aromatic heterocycles. The molecule has 130 valence electrons. The van der Waals surface area contributed by atoms with Crippen LogP contribution in [0.2, 0.25) is 0 Å². The van der Waals surface area contributed by atoms with E-state index in [-0.39, 0.29) is 11.5 Å². The number of carboxylic acids is 1. The van der Waals surface area contributed by atoms with Crippen LogP contribution in [0.4, 0.5) is 0 Å². The van der Waals surface area contributed by atoms with Gasteiger partial charge in [0, 0.05) is 12.6 Å². The van der Waals surface area contributed by atoms with E-state index in [0.29, 0.717) is 19.0 Å². The van der Waals surface area contributed by atoms with Crippen LogP contribution in [0.1, 0.15) is 45.5 Å². The van der Waals surface area contributed by atoms with Gasteiger partial charge >= 0.3 is 5.97 Å². The number of carboxylic acid groups (broad SMARTS) is 1. The molecule has 2 aromatic carbocycles. The maximum absolute atomic E-state index is 12.8. The smallest absolute Gasteiger partial charge is 0.335 e. The highest BCUT2D eigenvalue weighted by Gasteiger charge is 2.32. The van der Waals surface area contributed by atoms with Gasteiger partial charge in [-0.05, 0) is 61.1 Å². The Kier molecular flexibility index (Phi) is 4.88. The van der Waals surface area contributed by atoms with Gasteiger partial charge in [-0.25, -0.2) is 4.79 Å². The Morgan fingerprint density at radius 2 is 1.64 bits per heavy atom. The lowest BCUT2D eigenvalue weighted by molar-refractivity contribution is -0.131. The highest BCUT2D eigenvalue weighted by Crippen LogP contribution is 2.29. The Labute approximate surface area is 148 Å². The normalized spacial score (nSPS) is 13.5. The van der Waals surface area contributed by atoms with Crippen molar-refractivity contribution in [2.75, 3.05) is 0 Å². The van der Waals surface area contributed by atoms with E-state index < -0.39 is 5.97 Å². The molecule has 3 rings (SSSR count). The second-order valence-electron chi connectivity index (χ2n) is 6.85. The number of aromatic carboxylic acids is 1. The zero-order chi connectivity index (χ0) is 18.0. The van der Waals surface area contributed by atoms with Crippen LogP contribution in [-0.4, -0.2) is 27.9 Å². The van der Waals surface area contributed by atoms with Crippen molar-refractivity contribution in [3.05, 3.63) is 70.3 Å². The fourth-order valence-electron chi connectivity index (χ4n) is 2.95. The third kappa shape index (κ3) is 4.27. The molecule has 1 amide bonds. The van der Waals surface area contributed by atoms with Gasteiger partial charge in [0.25, 0.3) is 0 Å². The molecule has 0 aliphatic heterocycles. The second kappa shape index (κ2) is 7.09. The summed E-state index contributed by atoms with van der Waals surface area (Å²) in [4.78, 5) is 25.7. The summed E-state index contributed by atoms with van der Waals surface area (Å²) in [5.74, 6) is -0.851. The number of amides is 1. The van der Waals surface area contributed by atoms with Crippen molar-refractivity contribution < 1.29 is 14.7 Å². The zero-order valence-electron chi connectivity index (χ0n) is 14.7. The third-order valence-electron chi connectivity index (χ3n) is 4.79. The van der Waals surface area contributed by atoms with Crippen LogP contribution in [0.15, 0.2) is 42.5 Å². The maximum atomic E-state index is 12.8. The molecule has 1 fully saturated rings. The van der Waals surface area contributed by atoms with E-state index in [1.54, 1.807) is 24.3 Å². The standard InChI is InChI=1S/C21H23NO3/c1-14-3-4-17(11-15(14)2)13-22(19-9-10-19)20(23)12-16-5-7-18(8-6-16)21(24)25/h3-8,11,19H,9-10,12-13H2,1-2H3,(H,24,25). The molecule has 0 bridgehead atoms. The molecule has 0 saturated heterocycles. The summed E-state index contributed by atoms with van der Waals surface area (Å²) < 4.78 is 0. The molecule has 1 aliphatic rings. The molecule has 2 aromatic rings. The summed E-state index contributed by atoms with van der Waals surface area (Å²) in [6.45, 7) is 4.81. The van der Waals surface area contributed by atoms with E-state index in [1.165, 1.54) is 11.1 Å². The van der Waals surface area contributed by atoms with Crippen LogP contribution in [0.5, 0.6) is 0 Å². The van der Waals surface area contributed by atoms with Gasteiger partial charge in [0.2, 0.25) is 5.91 Å². The number of nitrogens with zero attached hydrogens (tertiary/aromatic N) is 1. The van der Waals surface area contributed by atoms with Crippen molar-refractivity contribution in [2.45, 2.75) is 45.7 Å². The number of hydrogen-bond donors (Lipinski definition) is 1. The quantitative estimate of drug-likeness (QED) is 0.874. The van der Waals surface area contributed by atoms with Gasteiger partial charge in [0.05, 0.1) is 12.0 Å². The minimum absolute atomic E-state index is 0.101. The van der Waals surface area contributed by atoms with Crippen molar-refractivity contribution in [3.8, 4) is 0 Å². The summed E-state index contributed by atoms with van der Waals surface area (Å²) in [5, 5.41) is 8.96. The van der Waals surface area contributed by atoms with Crippen LogP contribution in [0.25, 0.3) is 0 Å². The molecule has 1 aliphatic carbocycles. The topological polar surface area (TPSA) is 57.6 Å². The molecule has 0 spiro atoms. The molecule has 0 radical (unpaired) electrons. The van der Waals surface area contributed by atoms with Crippen LogP contribution >= 0.6 is 0 Å². The fourth-order valence-corrected chi connectivity index (χ4v) is 2.95. The van der Waals surface area contributed by atoms with E-state index in [2.05, 4.69) is 32.0 Å². The van der Waals surface area contributed by atoms with Gasteiger partial charge in [-0.1, -0.05) is 30.3 Å². The van der Waals surface area contributed by atoms with Gasteiger partial charge in [0.15, 0.2) is 0 Å². The third-order valence-corrected chi connectivity index (χ3v) is 4.79. The van der Waals surface area contributed by atoms with Crippen LogP contribution < -0.4 is 0 Å². The number of hydrogen-bond acceptors (Lipinski definition) is 2. The number of rotatable bonds is 6. The molecule has 4 heteroatoms. The molecule has 1 saturated carbocycles. The van der Waals surface area contributed by atoms with E-state index in [9.17, 15) is 9.59 Å². The molecule has 25 heavy (non-hydrogen) atoms. The number of benzene rings is 2. The highest BCUT2D eigenvalue weighted by atomic mass is 16.4. The first kappa shape index (κ1) is 17.2. The molecule has 0 heterocycles. The summed E-state index contributed by atoms with van der Waals surface area (Å²) in [7, 11) is 0. The highest BCUT2D eigenvalue weighted by molar-refractivity contribution is 5.87. The Balaban J connectivity index is 1.70. The summed E-state index contributed by atoms with van der Waals surface area (Å²) in [6, 6.07) is 13.2. The van der Waals surface area contributed by atoms with Crippen LogP contribution in [-0.2, 0) is 17.8 Å². The monoisotopic (exact) mass is 337 g/mol. The maximum Gasteiger partial charge on any atom is 0.335 e. The minimum atomic E-state index is -0.952. The van der Waals surface area contributed by atoms with E-state index in [4.69, 9.17) is 5.11 Å². The second-order valence-corrected chi connectivity index (χ2v) is 6.85. The first-order valence-corrected chi connectivity index (χ1v) is 8.62. The van der Waals surface area contributed by atoms with Crippen molar-refractivity contribution in [1.82, 2.24) is 4.90 Å². The number of aryl methyl sites for hydroxylation is 2. The van der Waals surface area contributed by atoms with Crippen LogP contribution in [0.3, 0.4) is 0 Å². The molecule has 4 nitrogen and oxygen atoms in total. The average molecular weight is 337 g/mol. The Morgan fingerprint density at radius 1 is 1.00 bits per heavy atom. The largest absolute Gasteiger partial charge is 0.478 e.